The number of nitrogens with one attached hydrogen (secondary N) is 3. The van der Waals surface area contributed by atoms with Crippen LogP contribution >= 0.6 is 46.1 Å². The molecule has 2 amide bonds. The molecule has 3 N–H and O–H groups in total. The Morgan fingerprint density at radius 1 is 1.12 bits per heavy atom. The molecule has 0 radical (unpaired) electrons. The van der Waals surface area contributed by atoms with Crippen LogP contribution in [0, 0.1) is 12.8 Å². The van der Waals surface area contributed by atoms with E-state index in [-0.39, 0.29) is 33.9 Å². The standard InChI is InChI=1S/C21H24Cl3N3O4S/c1-5-31-19(30)14-12(4)15(17(29)25-13-9-7-6-8-10-13)32-18(14)27-20(21(22,23)24)26-16(28)11(2)3/h6-11,20,27H,5H2,1-4H3,(H,25,29)(H,26,28)/t20-/m1/s1. The lowest BCUT2D eigenvalue weighted by Crippen LogP contribution is -2.50. The number of para-hydroxylation sites is 1. The number of halogens is 3. The zero-order valence-electron chi connectivity index (χ0n) is 17.9. The highest BCUT2D eigenvalue weighted by atomic mass is 35.6. The van der Waals surface area contributed by atoms with Gasteiger partial charge in [0.2, 0.25) is 9.70 Å². The Kier molecular flexibility index (Phi) is 9.21. The maximum atomic E-state index is 12.9. The summed E-state index contributed by atoms with van der Waals surface area (Å²) in [5.41, 5.74) is 1.14. The van der Waals surface area contributed by atoms with Crippen LogP contribution in [0.1, 0.15) is 46.4 Å². The lowest BCUT2D eigenvalue weighted by atomic mass is 10.1. The molecule has 0 fully saturated rings. The largest absolute Gasteiger partial charge is 0.462 e. The number of benzene rings is 1. The quantitative estimate of drug-likeness (QED) is 0.247. The van der Waals surface area contributed by atoms with E-state index in [1.54, 1.807) is 52.0 Å². The second-order valence-corrected chi connectivity index (χ2v) is 10.5. The van der Waals surface area contributed by atoms with Crippen molar-refractivity contribution in [3.63, 3.8) is 0 Å². The van der Waals surface area contributed by atoms with E-state index in [1.807, 2.05) is 6.07 Å². The Bertz CT molecular complexity index is 975. The van der Waals surface area contributed by atoms with Gasteiger partial charge in [-0.3, -0.25) is 9.59 Å². The van der Waals surface area contributed by atoms with Gasteiger partial charge in [-0.2, -0.15) is 0 Å². The summed E-state index contributed by atoms with van der Waals surface area (Å²) < 4.78 is 3.21. The number of hydrogen-bond acceptors (Lipinski definition) is 6. The molecule has 0 saturated heterocycles. The molecule has 1 aromatic carbocycles. The van der Waals surface area contributed by atoms with Crippen molar-refractivity contribution in [3.05, 3.63) is 46.3 Å². The number of thiophene rings is 1. The van der Waals surface area contributed by atoms with Crippen LogP contribution in [0.3, 0.4) is 0 Å². The number of amides is 2. The minimum absolute atomic E-state index is 0.133. The van der Waals surface area contributed by atoms with Crippen molar-refractivity contribution in [1.29, 1.82) is 0 Å². The predicted octanol–water partition coefficient (Wildman–Crippen LogP) is 5.37. The number of ether oxygens (including phenoxy) is 1. The van der Waals surface area contributed by atoms with Gasteiger partial charge in [-0.25, -0.2) is 4.79 Å². The van der Waals surface area contributed by atoms with Crippen LogP contribution in [0.2, 0.25) is 0 Å². The average molecular weight is 521 g/mol. The van der Waals surface area contributed by atoms with Gasteiger partial charge in [0.1, 0.15) is 11.2 Å². The fraction of sp³-hybridized carbons (Fsp3) is 0.381. The van der Waals surface area contributed by atoms with Gasteiger partial charge >= 0.3 is 5.97 Å². The lowest BCUT2D eigenvalue weighted by Gasteiger charge is -2.28. The molecule has 0 spiro atoms. The van der Waals surface area contributed by atoms with Crippen LogP contribution in [0.15, 0.2) is 30.3 Å². The second kappa shape index (κ2) is 11.2. The minimum Gasteiger partial charge on any atom is -0.462 e. The lowest BCUT2D eigenvalue weighted by molar-refractivity contribution is -0.124. The summed E-state index contributed by atoms with van der Waals surface area (Å²) in [6.07, 6.45) is -1.17. The van der Waals surface area contributed by atoms with Crippen LogP contribution < -0.4 is 16.0 Å². The Morgan fingerprint density at radius 3 is 2.28 bits per heavy atom. The van der Waals surface area contributed by atoms with E-state index in [9.17, 15) is 14.4 Å². The maximum Gasteiger partial charge on any atom is 0.341 e. The Morgan fingerprint density at radius 2 is 1.75 bits per heavy atom. The summed E-state index contributed by atoms with van der Waals surface area (Å²) in [5, 5.41) is 8.53. The monoisotopic (exact) mass is 519 g/mol. The topological polar surface area (TPSA) is 96.5 Å². The van der Waals surface area contributed by atoms with E-state index < -0.39 is 21.8 Å². The number of esters is 1. The van der Waals surface area contributed by atoms with Crippen molar-refractivity contribution in [2.45, 2.75) is 37.7 Å². The highest BCUT2D eigenvalue weighted by Crippen LogP contribution is 2.38. The summed E-state index contributed by atoms with van der Waals surface area (Å²) in [5.74, 6) is -1.77. The van der Waals surface area contributed by atoms with Gasteiger partial charge < -0.3 is 20.7 Å². The van der Waals surface area contributed by atoms with Gasteiger partial charge in [0.25, 0.3) is 5.91 Å². The summed E-state index contributed by atoms with van der Waals surface area (Å²) in [7, 11) is 0. The van der Waals surface area contributed by atoms with Gasteiger partial charge in [0, 0.05) is 11.6 Å². The van der Waals surface area contributed by atoms with E-state index in [4.69, 9.17) is 39.5 Å². The van der Waals surface area contributed by atoms with E-state index in [0.717, 1.165) is 11.3 Å². The highest BCUT2D eigenvalue weighted by Gasteiger charge is 2.37. The van der Waals surface area contributed by atoms with Crippen LogP contribution in [0.4, 0.5) is 10.7 Å². The number of hydrogen-bond donors (Lipinski definition) is 3. The number of anilines is 2. The fourth-order valence-corrected chi connectivity index (χ4v) is 4.08. The summed E-state index contributed by atoms with van der Waals surface area (Å²) in [6.45, 7) is 6.82. The van der Waals surface area contributed by atoms with E-state index in [0.29, 0.717) is 11.3 Å². The van der Waals surface area contributed by atoms with Crippen LogP contribution in [0.5, 0.6) is 0 Å². The Balaban J connectivity index is 2.45. The first kappa shape index (κ1) is 26.3. The molecule has 0 bridgehead atoms. The van der Waals surface area contributed by atoms with Crippen molar-refractivity contribution in [3.8, 4) is 0 Å². The zero-order chi connectivity index (χ0) is 24.1. The maximum absolute atomic E-state index is 12.9. The molecule has 0 aliphatic rings. The zero-order valence-corrected chi connectivity index (χ0v) is 21.0. The third-order valence-corrected chi connectivity index (χ3v) is 6.15. The fourth-order valence-electron chi connectivity index (χ4n) is 2.63. The summed E-state index contributed by atoms with van der Waals surface area (Å²) >= 11 is 19.2. The molecule has 0 unspecified atom stereocenters. The first-order valence-corrected chi connectivity index (χ1v) is 11.7. The molecule has 11 heteroatoms. The Labute approximate surface area is 205 Å². The van der Waals surface area contributed by atoms with Gasteiger partial charge in [-0.05, 0) is 31.5 Å². The smallest absolute Gasteiger partial charge is 0.341 e. The van der Waals surface area contributed by atoms with Gasteiger partial charge in [-0.1, -0.05) is 66.8 Å². The molecular weight excluding hydrogens is 497 g/mol. The number of alkyl halides is 3. The van der Waals surface area contributed by atoms with Gasteiger partial charge in [0.15, 0.2) is 0 Å². The second-order valence-electron chi connectivity index (χ2n) is 7.08. The molecule has 1 atom stereocenters. The van der Waals surface area contributed by atoms with Crippen LogP contribution in [-0.2, 0) is 9.53 Å². The average Bonchev–Trinajstić information content (AvgIpc) is 3.03. The Hall–Kier alpha value is -2.00. The third kappa shape index (κ3) is 6.75. The molecule has 174 valence electrons. The van der Waals surface area contributed by atoms with E-state index in [2.05, 4.69) is 16.0 Å². The molecule has 0 aliphatic carbocycles. The molecular formula is C21H24Cl3N3O4S. The summed E-state index contributed by atoms with van der Waals surface area (Å²) in [6, 6.07) is 8.89. The molecule has 0 saturated carbocycles. The number of carbonyl (C=O) groups excluding carboxylic acids is 3. The minimum atomic E-state index is -1.94. The van der Waals surface area contributed by atoms with Crippen molar-refractivity contribution < 1.29 is 19.1 Å². The molecule has 2 rings (SSSR count). The van der Waals surface area contributed by atoms with Crippen molar-refractivity contribution in [1.82, 2.24) is 5.32 Å². The van der Waals surface area contributed by atoms with Crippen LogP contribution in [0.25, 0.3) is 0 Å². The molecule has 2 aromatic rings. The van der Waals surface area contributed by atoms with E-state index in [1.165, 1.54) is 0 Å². The SMILES string of the molecule is CCOC(=O)c1c(N[C@@H](NC(=O)C(C)C)C(Cl)(Cl)Cl)sc(C(=O)Nc2ccccc2)c1C. The highest BCUT2D eigenvalue weighted by molar-refractivity contribution is 7.18. The molecule has 0 aliphatic heterocycles. The summed E-state index contributed by atoms with van der Waals surface area (Å²) in [4.78, 5) is 38.1. The van der Waals surface area contributed by atoms with Crippen LogP contribution in [-0.4, -0.2) is 34.3 Å². The van der Waals surface area contributed by atoms with Gasteiger partial charge in [0.05, 0.1) is 17.0 Å². The first-order chi connectivity index (χ1) is 15.0. The third-order valence-electron chi connectivity index (χ3n) is 4.28. The van der Waals surface area contributed by atoms with E-state index >= 15 is 0 Å². The predicted molar refractivity (Wildman–Crippen MR) is 130 cm³/mol. The normalized spacial score (nSPS) is 12.2. The van der Waals surface area contributed by atoms with Gasteiger partial charge in [-0.15, -0.1) is 11.3 Å². The molecule has 32 heavy (non-hydrogen) atoms. The number of rotatable bonds is 8. The van der Waals surface area contributed by atoms with Crippen molar-refractivity contribution >= 4 is 74.6 Å². The molecule has 1 heterocycles. The molecule has 1 aromatic heterocycles. The van der Waals surface area contributed by atoms with Crippen molar-refractivity contribution in [2.75, 3.05) is 17.2 Å². The number of carbonyl (C=O) groups is 3. The van der Waals surface area contributed by atoms with Crippen molar-refractivity contribution in [2.24, 2.45) is 5.92 Å². The molecule has 7 nitrogen and oxygen atoms in total. The first-order valence-electron chi connectivity index (χ1n) is 9.76.